The van der Waals surface area contributed by atoms with Gasteiger partial charge in [-0.2, -0.15) is 18.3 Å². The van der Waals surface area contributed by atoms with Gasteiger partial charge in [0, 0.05) is 16.5 Å². The number of hydrogen-bond donors (Lipinski definition) is 1. The molecular formula is C20H14F4N6O2S. The van der Waals surface area contributed by atoms with Crippen molar-refractivity contribution in [1.29, 1.82) is 0 Å². The Balaban J connectivity index is 1.65. The maximum atomic E-state index is 13.8. The van der Waals surface area contributed by atoms with E-state index in [9.17, 15) is 22.4 Å². The maximum absolute atomic E-state index is 13.8. The van der Waals surface area contributed by atoms with Crippen LogP contribution in [0.5, 0.6) is 5.88 Å². The molecule has 0 unspecified atom stereocenters. The third kappa shape index (κ3) is 4.53. The summed E-state index contributed by atoms with van der Waals surface area (Å²) < 4.78 is 60.0. The van der Waals surface area contributed by atoms with Crippen molar-refractivity contribution in [2.45, 2.75) is 13.1 Å². The van der Waals surface area contributed by atoms with Crippen molar-refractivity contribution in [3.63, 3.8) is 0 Å². The van der Waals surface area contributed by atoms with Gasteiger partial charge in [-0.1, -0.05) is 0 Å². The zero-order valence-electron chi connectivity index (χ0n) is 17.0. The largest absolute Gasteiger partial charge is 0.480 e. The van der Waals surface area contributed by atoms with Crippen molar-refractivity contribution in [3.8, 4) is 23.0 Å². The van der Waals surface area contributed by atoms with Crippen LogP contribution in [0, 0.1) is 12.7 Å². The van der Waals surface area contributed by atoms with Crippen molar-refractivity contribution in [3.05, 3.63) is 64.5 Å². The number of amides is 1. The van der Waals surface area contributed by atoms with Crippen LogP contribution in [0.4, 0.5) is 22.7 Å². The summed E-state index contributed by atoms with van der Waals surface area (Å²) >= 11 is 1.08. The number of thiazole rings is 1. The second kappa shape index (κ2) is 8.58. The third-order valence-corrected chi connectivity index (χ3v) is 5.36. The lowest BCUT2D eigenvalue weighted by atomic mass is 10.1. The van der Waals surface area contributed by atoms with Crippen LogP contribution in [0.2, 0.25) is 0 Å². The number of alkyl halides is 3. The molecule has 0 fully saturated rings. The number of benzene rings is 1. The molecule has 4 aromatic rings. The number of methoxy groups -OCH3 is 1. The van der Waals surface area contributed by atoms with Gasteiger partial charge in [0.2, 0.25) is 5.88 Å². The fourth-order valence-corrected chi connectivity index (χ4v) is 3.82. The van der Waals surface area contributed by atoms with E-state index in [1.807, 2.05) is 0 Å². The van der Waals surface area contributed by atoms with Crippen LogP contribution in [0.1, 0.15) is 20.9 Å². The number of nitrogens with zero attached hydrogens (tertiary/aromatic N) is 5. The average molecular weight is 478 g/mol. The second-order valence-corrected chi connectivity index (χ2v) is 7.84. The van der Waals surface area contributed by atoms with Crippen LogP contribution in [0.3, 0.4) is 0 Å². The zero-order valence-corrected chi connectivity index (χ0v) is 17.8. The topological polar surface area (TPSA) is 94.8 Å². The molecule has 8 nitrogen and oxygen atoms in total. The third-order valence-electron chi connectivity index (χ3n) is 4.47. The molecule has 3 heterocycles. The highest BCUT2D eigenvalue weighted by Gasteiger charge is 2.41. The number of ether oxygens (including phenoxy) is 1. The van der Waals surface area contributed by atoms with Gasteiger partial charge in [-0.25, -0.2) is 14.1 Å². The van der Waals surface area contributed by atoms with E-state index in [1.54, 1.807) is 6.92 Å². The number of rotatable bonds is 5. The molecule has 0 saturated carbocycles. The first-order chi connectivity index (χ1) is 15.7. The van der Waals surface area contributed by atoms with Crippen molar-refractivity contribution < 1.29 is 27.1 Å². The van der Waals surface area contributed by atoms with E-state index >= 15 is 0 Å². The SMILES string of the molecule is COc1ccc(-n2ncc(C(=O)Nc3nc(-c4ccc(F)cc4)c(C)s3)c2C(F)(F)F)nn1. The van der Waals surface area contributed by atoms with Crippen LogP contribution in [0.25, 0.3) is 17.1 Å². The standard InChI is InChI=1S/C20H14F4N6O2S/c1-10-16(11-3-5-12(21)6-4-11)26-19(33-10)27-18(31)13-9-25-30(17(13)20(22,23)24)14-7-8-15(32-2)29-28-14/h3-9H,1-2H3,(H,26,27,31). The van der Waals surface area contributed by atoms with E-state index in [2.05, 4.69) is 25.6 Å². The van der Waals surface area contributed by atoms with Crippen LogP contribution >= 0.6 is 11.3 Å². The van der Waals surface area contributed by atoms with Crippen molar-refractivity contribution in [1.82, 2.24) is 25.0 Å². The van der Waals surface area contributed by atoms with Crippen molar-refractivity contribution >= 4 is 22.4 Å². The molecule has 0 aliphatic rings. The molecule has 0 spiro atoms. The number of nitrogens with one attached hydrogen (secondary N) is 1. The Morgan fingerprint density at radius 2 is 1.85 bits per heavy atom. The van der Waals surface area contributed by atoms with Gasteiger partial charge in [0.25, 0.3) is 5.91 Å². The van der Waals surface area contributed by atoms with Crippen LogP contribution in [0.15, 0.2) is 42.6 Å². The van der Waals surface area contributed by atoms with Gasteiger partial charge in [-0.3, -0.25) is 10.1 Å². The average Bonchev–Trinajstić information content (AvgIpc) is 3.38. The van der Waals surface area contributed by atoms with E-state index < -0.39 is 29.2 Å². The van der Waals surface area contributed by atoms with E-state index in [0.29, 0.717) is 20.8 Å². The molecule has 0 atom stereocenters. The first-order valence-corrected chi connectivity index (χ1v) is 10.1. The van der Waals surface area contributed by atoms with Gasteiger partial charge >= 0.3 is 6.18 Å². The van der Waals surface area contributed by atoms with Crippen LogP contribution in [-0.4, -0.2) is 38.0 Å². The lowest BCUT2D eigenvalue weighted by Crippen LogP contribution is -2.21. The van der Waals surface area contributed by atoms with E-state index in [1.165, 1.54) is 43.5 Å². The zero-order chi connectivity index (χ0) is 23.8. The Hall–Kier alpha value is -3.87. The predicted octanol–water partition coefficient (Wildman–Crippen LogP) is 4.51. The van der Waals surface area contributed by atoms with Crippen LogP contribution < -0.4 is 10.1 Å². The van der Waals surface area contributed by atoms with Gasteiger partial charge in [-0.15, -0.1) is 21.5 Å². The summed E-state index contributed by atoms with van der Waals surface area (Å²) in [5.74, 6) is -1.60. The fraction of sp³-hybridized carbons (Fsp3) is 0.150. The summed E-state index contributed by atoms with van der Waals surface area (Å²) in [7, 11) is 1.34. The first kappa shape index (κ1) is 22.3. The molecule has 33 heavy (non-hydrogen) atoms. The minimum atomic E-state index is -4.91. The Labute approximate surface area is 187 Å². The summed E-state index contributed by atoms with van der Waals surface area (Å²) in [5.41, 5.74) is -0.939. The van der Waals surface area contributed by atoms with Crippen molar-refractivity contribution in [2.75, 3.05) is 12.4 Å². The van der Waals surface area contributed by atoms with Crippen molar-refractivity contribution in [2.24, 2.45) is 0 Å². The van der Waals surface area contributed by atoms with Gasteiger partial charge in [0.1, 0.15) is 5.82 Å². The van der Waals surface area contributed by atoms with E-state index in [0.717, 1.165) is 17.5 Å². The first-order valence-electron chi connectivity index (χ1n) is 9.25. The van der Waals surface area contributed by atoms with Gasteiger partial charge in [0.15, 0.2) is 16.6 Å². The second-order valence-electron chi connectivity index (χ2n) is 6.64. The molecule has 0 aliphatic heterocycles. The number of carbonyl (C=O) groups excluding carboxylic acids is 1. The number of aryl methyl sites for hydroxylation is 1. The molecule has 1 N–H and O–H groups in total. The van der Waals surface area contributed by atoms with Crippen LogP contribution in [-0.2, 0) is 6.18 Å². The normalized spacial score (nSPS) is 11.5. The molecule has 0 saturated heterocycles. The highest BCUT2D eigenvalue weighted by atomic mass is 32.1. The molecular weight excluding hydrogens is 464 g/mol. The predicted molar refractivity (Wildman–Crippen MR) is 111 cm³/mol. The molecule has 4 rings (SSSR count). The van der Waals surface area contributed by atoms with E-state index in [-0.39, 0.29) is 16.8 Å². The Morgan fingerprint density at radius 1 is 1.12 bits per heavy atom. The summed E-state index contributed by atoms with van der Waals surface area (Å²) in [4.78, 5) is 17.7. The fourth-order valence-electron chi connectivity index (χ4n) is 2.99. The lowest BCUT2D eigenvalue weighted by Gasteiger charge is -2.11. The number of carbonyl (C=O) groups is 1. The van der Waals surface area contributed by atoms with Gasteiger partial charge in [0.05, 0.1) is 24.6 Å². The highest BCUT2D eigenvalue weighted by molar-refractivity contribution is 7.16. The number of halogens is 4. The summed E-state index contributed by atoms with van der Waals surface area (Å²) in [5, 5.41) is 13.5. The molecule has 3 aromatic heterocycles. The lowest BCUT2D eigenvalue weighted by molar-refractivity contribution is -0.143. The minimum Gasteiger partial charge on any atom is -0.480 e. The molecule has 1 amide bonds. The molecule has 170 valence electrons. The monoisotopic (exact) mass is 478 g/mol. The summed E-state index contributed by atoms with van der Waals surface area (Å²) in [6.45, 7) is 1.73. The Kier molecular flexibility index (Phi) is 5.80. The number of anilines is 1. The van der Waals surface area contributed by atoms with Gasteiger partial charge < -0.3 is 4.74 Å². The summed E-state index contributed by atoms with van der Waals surface area (Å²) in [6.07, 6.45) is -4.12. The highest BCUT2D eigenvalue weighted by Crippen LogP contribution is 2.35. The van der Waals surface area contributed by atoms with E-state index in [4.69, 9.17) is 4.74 Å². The van der Waals surface area contributed by atoms with Gasteiger partial charge in [-0.05, 0) is 37.3 Å². The molecule has 0 aliphatic carbocycles. The summed E-state index contributed by atoms with van der Waals surface area (Å²) in [6, 6.07) is 8.11. The minimum absolute atomic E-state index is 0.0851. The molecule has 13 heteroatoms. The smallest absolute Gasteiger partial charge is 0.434 e. The quantitative estimate of drug-likeness (QED) is 0.424. The molecule has 0 bridgehead atoms. The Morgan fingerprint density at radius 3 is 2.45 bits per heavy atom. The number of hydrogen-bond acceptors (Lipinski definition) is 7. The maximum Gasteiger partial charge on any atom is 0.434 e. The Bertz CT molecular complexity index is 1300. The molecule has 0 radical (unpaired) electrons. The molecule has 1 aromatic carbocycles. The number of aromatic nitrogens is 5.